The van der Waals surface area contributed by atoms with Gasteiger partial charge in [0.15, 0.2) is 0 Å². The zero-order valence-electron chi connectivity index (χ0n) is 11.2. The van der Waals surface area contributed by atoms with Crippen LogP contribution in [-0.4, -0.2) is 23.9 Å². The SMILES string of the molecule is CCN(CCC#N)Cc1ccccc1CC(=O)NN. The van der Waals surface area contributed by atoms with Crippen molar-refractivity contribution in [2.24, 2.45) is 5.84 Å². The van der Waals surface area contributed by atoms with Gasteiger partial charge in [0.25, 0.3) is 0 Å². The Morgan fingerprint density at radius 1 is 1.42 bits per heavy atom. The molecule has 0 aliphatic heterocycles. The van der Waals surface area contributed by atoms with Crippen LogP contribution in [0.3, 0.4) is 0 Å². The molecule has 1 rings (SSSR count). The van der Waals surface area contributed by atoms with Crippen molar-refractivity contribution in [1.29, 1.82) is 5.26 Å². The maximum Gasteiger partial charge on any atom is 0.238 e. The normalized spacial score (nSPS) is 10.2. The van der Waals surface area contributed by atoms with Gasteiger partial charge in [-0.15, -0.1) is 0 Å². The van der Waals surface area contributed by atoms with Crippen LogP contribution in [-0.2, 0) is 17.8 Å². The molecule has 19 heavy (non-hydrogen) atoms. The number of carbonyl (C=O) groups excluding carboxylic acids is 1. The van der Waals surface area contributed by atoms with E-state index in [0.717, 1.165) is 30.8 Å². The number of nitrogens with zero attached hydrogens (tertiary/aromatic N) is 2. The second-order valence-corrected chi connectivity index (χ2v) is 4.29. The van der Waals surface area contributed by atoms with Crippen LogP contribution in [0.4, 0.5) is 0 Å². The van der Waals surface area contributed by atoms with E-state index in [0.29, 0.717) is 6.42 Å². The molecule has 0 unspecified atom stereocenters. The number of nitrogens with one attached hydrogen (secondary N) is 1. The van der Waals surface area contributed by atoms with Crippen molar-refractivity contribution in [2.45, 2.75) is 26.3 Å². The second-order valence-electron chi connectivity index (χ2n) is 4.29. The molecule has 102 valence electrons. The maximum atomic E-state index is 11.4. The van der Waals surface area contributed by atoms with E-state index in [1.165, 1.54) is 0 Å². The molecule has 1 aromatic rings. The van der Waals surface area contributed by atoms with Crippen molar-refractivity contribution in [2.75, 3.05) is 13.1 Å². The third-order valence-electron chi connectivity index (χ3n) is 3.01. The zero-order chi connectivity index (χ0) is 14.1. The van der Waals surface area contributed by atoms with E-state index in [4.69, 9.17) is 11.1 Å². The molecular weight excluding hydrogens is 240 g/mol. The number of carbonyl (C=O) groups is 1. The van der Waals surface area contributed by atoms with Crippen LogP contribution < -0.4 is 11.3 Å². The molecule has 1 amide bonds. The number of hydrogen-bond donors (Lipinski definition) is 2. The van der Waals surface area contributed by atoms with E-state index in [1.807, 2.05) is 24.3 Å². The van der Waals surface area contributed by atoms with Crippen LogP contribution >= 0.6 is 0 Å². The number of benzene rings is 1. The number of hydrazine groups is 1. The number of nitriles is 1. The third-order valence-corrected chi connectivity index (χ3v) is 3.01. The molecule has 0 radical (unpaired) electrons. The van der Waals surface area contributed by atoms with E-state index in [9.17, 15) is 4.79 Å². The van der Waals surface area contributed by atoms with Gasteiger partial charge >= 0.3 is 0 Å². The lowest BCUT2D eigenvalue weighted by Crippen LogP contribution is -2.32. The highest BCUT2D eigenvalue weighted by Crippen LogP contribution is 2.12. The molecule has 1 aromatic carbocycles. The summed E-state index contributed by atoms with van der Waals surface area (Å²) in [5.41, 5.74) is 4.22. The molecule has 0 atom stereocenters. The van der Waals surface area contributed by atoms with E-state index >= 15 is 0 Å². The standard InChI is InChI=1S/C14H20N4O/c1-2-18(9-5-8-15)11-13-7-4-3-6-12(13)10-14(19)17-16/h3-4,6-7H,2,5,9-11,16H2,1H3,(H,17,19). The molecule has 0 aliphatic carbocycles. The van der Waals surface area contributed by atoms with Gasteiger partial charge in [0.1, 0.15) is 0 Å². The summed E-state index contributed by atoms with van der Waals surface area (Å²) >= 11 is 0. The van der Waals surface area contributed by atoms with Gasteiger partial charge in [-0.3, -0.25) is 15.1 Å². The largest absolute Gasteiger partial charge is 0.298 e. The number of hydrogen-bond acceptors (Lipinski definition) is 4. The Labute approximate surface area is 114 Å². The fraction of sp³-hybridized carbons (Fsp3) is 0.429. The number of nitrogens with two attached hydrogens (primary N) is 1. The fourth-order valence-corrected chi connectivity index (χ4v) is 1.91. The number of amides is 1. The fourth-order valence-electron chi connectivity index (χ4n) is 1.91. The van der Waals surface area contributed by atoms with Gasteiger partial charge < -0.3 is 0 Å². The highest BCUT2D eigenvalue weighted by atomic mass is 16.2. The second kappa shape index (κ2) is 8.25. The van der Waals surface area contributed by atoms with E-state index < -0.39 is 0 Å². The Morgan fingerprint density at radius 2 is 2.11 bits per heavy atom. The molecule has 0 spiro atoms. The summed E-state index contributed by atoms with van der Waals surface area (Å²) < 4.78 is 0. The number of rotatable bonds is 7. The van der Waals surface area contributed by atoms with Gasteiger partial charge in [0.2, 0.25) is 5.91 Å². The molecule has 5 heteroatoms. The van der Waals surface area contributed by atoms with Crippen molar-refractivity contribution in [3.8, 4) is 6.07 Å². The van der Waals surface area contributed by atoms with Crippen molar-refractivity contribution in [1.82, 2.24) is 10.3 Å². The van der Waals surface area contributed by atoms with Crippen molar-refractivity contribution in [3.63, 3.8) is 0 Å². The Balaban J connectivity index is 2.76. The quantitative estimate of drug-likeness (QED) is 0.434. The minimum Gasteiger partial charge on any atom is -0.298 e. The van der Waals surface area contributed by atoms with Crippen LogP contribution in [0.1, 0.15) is 24.5 Å². The Bertz CT molecular complexity index is 453. The molecule has 0 saturated heterocycles. The molecule has 0 bridgehead atoms. The van der Waals surface area contributed by atoms with Crippen molar-refractivity contribution < 1.29 is 4.79 Å². The molecule has 0 fully saturated rings. The van der Waals surface area contributed by atoms with Crippen LogP contribution in [0.5, 0.6) is 0 Å². The third kappa shape index (κ3) is 5.08. The lowest BCUT2D eigenvalue weighted by molar-refractivity contribution is -0.120. The summed E-state index contributed by atoms with van der Waals surface area (Å²) in [6, 6.07) is 9.96. The molecule has 0 aromatic heterocycles. The first-order valence-electron chi connectivity index (χ1n) is 6.36. The average molecular weight is 260 g/mol. The molecule has 0 saturated carbocycles. The van der Waals surface area contributed by atoms with Gasteiger partial charge in [-0.2, -0.15) is 5.26 Å². The van der Waals surface area contributed by atoms with Gasteiger partial charge in [-0.1, -0.05) is 31.2 Å². The molecular formula is C14H20N4O. The Kier molecular flexibility index (Phi) is 6.58. The van der Waals surface area contributed by atoms with Crippen LogP contribution in [0.15, 0.2) is 24.3 Å². The first-order chi connectivity index (χ1) is 9.21. The zero-order valence-corrected chi connectivity index (χ0v) is 11.2. The van der Waals surface area contributed by atoms with Crippen LogP contribution in [0.25, 0.3) is 0 Å². The topological polar surface area (TPSA) is 82.2 Å². The first-order valence-corrected chi connectivity index (χ1v) is 6.36. The highest BCUT2D eigenvalue weighted by Gasteiger charge is 2.09. The summed E-state index contributed by atoms with van der Waals surface area (Å²) in [5.74, 6) is 4.92. The first kappa shape index (κ1) is 15.2. The molecule has 0 aliphatic rings. The van der Waals surface area contributed by atoms with Crippen LogP contribution in [0, 0.1) is 11.3 Å². The minimum absolute atomic E-state index is 0.201. The average Bonchev–Trinajstić information content (AvgIpc) is 2.44. The van der Waals surface area contributed by atoms with E-state index in [2.05, 4.69) is 23.3 Å². The van der Waals surface area contributed by atoms with Gasteiger partial charge in [-0.05, 0) is 17.7 Å². The van der Waals surface area contributed by atoms with E-state index in [1.54, 1.807) is 0 Å². The highest BCUT2D eigenvalue weighted by molar-refractivity contribution is 5.78. The van der Waals surface area contributed by atoms with Crippen LogP contribution in [0.2, 0.25) is 0 Å². The van der Waals surface area contributed by atoms with Gasteiger partial charge in [0, 0.05) is 19.5 Å². The van der Waals surface area contributed by atoms with E-state index in [-0.39, 0.29) is 12.3 Å². The molecule has 3 N–H and O–H groups in total. The molecule has 5 nitrogen and oxygen atoms in total. The Hall–Kier alpha value is -1.90. The van der Waals surface area contributed by atoms with Gasteiger partial charge in [0.05, 0.1) is 12.5 Å². The smallest absolute Gasteiger partial charge is 0.238 e. The summed E-state index contributed by atoms with van der Waals surface area (Å²) in [6.45, 7) is 4.42. The lowest BCUT2D eigenvalue weighted by Gasteiger charge is -2.20. The maximum absolute atomic E-state index is 11.4. The minimum atomic E-state index is -0.201. The summed E-state index contributed by atoms with van der Waals surface area (Å²) in [6.07, 6.45) is 0.793. The summed E-state index contributed by atoms with van der Waals surface area (Å²) in [7, 11) is 0. The lowest BCUT2D eigenvalue weighted by atomic mass is 10.0. The van der Waals surface area contributed by atoms with Crippen molar-refractivity contribution in [3.05, 3.63) is 35.4 Å². The summed E-state index contributed by atoms with van der Waals surface area (Å²) in [5, 5.41) is 8.64. The predicted octanol–water partition coefficient (Wildman–Crippen LogP) is 0.955. The van der Waals surface area contributed by atoms with Gasteiger partial charge in [-0.25, -0.2) is 5.84 Å². The predicted molar refractivity (Wildman–Crippen MR) is 73.7 cm³/mol. The Morgan fingerprint density at radius 3 is 2.68 bits per heavy atom. The van der Waals surface area contributed by atoms with Crippen molar-refractivity contribution >= 4 is 5.91 Å². The monoisotopic (exact) mass is 260 g/mol. The molecule has 0 heterocycles. The summed E-state index contributed by atoms with van der Waals surface area (Å²) in [4.78, 5) is 13.6.